The van der Waals surface area contributed by atoms with Gasteiger partial charge in [-0.15, -0.1) is 0 Å². The fourth-order valence-corrected chi connectivity index (χ4v) is 3.98. The summed E-state index contributed by atoms with van der Waals surface area (Å²) in [5.41, 5.74) is 4.72. The molecule has 1 aliphatic heterocycles. The van der Waals surface area contributed by atoms with Gasteiger partial charge >= 0.3 is 0 Å². The van der Waals surface area contributed by atoms with E-state index in [9.17, 15) is 14.9 Å². The first-order valence-electron chi connectivity index (χ1n) is 11.4. The molecule has 2 heterocycles. The molecule has 35 heavy (non-hydrogen) atoms. The maximum atomic E-state index is 13.0. The summed E-state index contributed by atoms with van der Waals surface area (Å²) in [7, 11) is 1.38. The number of nitrogens with zero attached hydrogens (tertiary/aromatic N) is 4. The van der Waals surface area contributed by atoms with E-state index >= 15 is 0 Å². The summed E-state index contributed by atoms with van der Waals surface area (Å²) < 4.78 is 7.53. The van der Waals surface area contributed by atoms with Crippen LogP contribution >= 0.6 is 0 Å². The van der Waals surface area contributed by atoms with Crippen molar-refractivity contribution in [2.24, 2.45) is 0 Å². The van der Waals surface area contributed by atoms with Gasteiger partial charge in [0.05, 0.1) is 12.3 Å². The lowest BCUT2D eigenvalue weighted by molar-refractivity contribution is -0.138. The highest BCUT2D eigenvalue weighted by molar-refractivity contribution is 6.19. The number of carbonyl (C=O) groups is 2. The Bertz CT molecular complexity index is 1410. The van der Waals surface area contributed by atoms with E-state index in [1.54, 1.807) is 17.7 Å². The molecule has 0 spiro atoms. The van der Waals surface area contributed by atoms with Gasteiger partial charge in [-0.1, -0.05) is 25.1 Å². The van der Waals surface area contributed by atoms with Gasteiger partial charge in [-0.3, -0.25) is 14.5 Å². The maximum absolute atomic E-state index is 13.0. The van der Waals surface area contributed by atoms with E-state index in [2.05, 4.69) is 6.92 Å². The number of imide groups is 1. The monoisotopic (exact) mass is 466 g/mol. The van der Waals surface area contributed by atoms with E-state index in [0.29, 0.717) is 23.4 Å². The van der Waals surface area contributed by atoms with Crippen LogP contribution in [0, 0.1) is 18.3 Å². The third-order valence-electron chi connectivity index (χ3n) is 5.93. The molecule has 2 aromatic carbocycles. The van der Waals surface area contributed by atoms with Crippen LogP contribution in [0.25, 0.3) is 23.0 Å². The van der Waals surface area contributed by atoms with Crippen molar-refractivity contribution in [3.8, 4) is 28.8 Å². The molecule has 3 aromatic rings. The van der Waals surface area contributed by atoms with Crippen molar-refractivity contribution >= 4 is 17.9 Å². The largest absolute Gasteiger partial charge is 0.494 e. The number of para-hydroxylation sites is 1. The van der Waals surface area contributed by atoms with E-state index in [1.165, 1.54) is 7.05 Å². The molecule has 0 saturated carbocycles. The number of ether oxygens (including phenoxy) is 1. The van der Waals surface area contributed by atoms with Gasteiger partial charge in [-0.25, -0.2) is 4.68 Å². The summed E-state index contributed by atoms with van der Waals surface area (Å²) in [4.78, 5) is 26.3. The molecule has 176 valence electrons. The van der Waals surface area contributed by atoms with Crippen molar-refractivity contribution in [3.63, 3.8) is 0 Å². The zero-order valence-corrected chi connectivity index (χ0v) is 20.2. The predicted molar refractivity (Wildman–Crippen MR) is 134 cm³/mol. The van der Waals surface area contributed by atoms with Crippen LogP contribution < -0.4 is 4.74 Å². The Morgan fingerprint density at radius 2 is 1.83 bits per heavy atom. The van der Waals surface area contributed by atoms with E-state index in [4.69, 9.17) is 9.84 Å². The van der Waals surface area contributed by atoms with E-state index in [1.807, 2.05) is 67.7 Å². The smallest absolute Gasteiger partial charge is 0.271 e. The highest BCUT2D eigenvalue weighted by atomic mass is 16.5. The average Bonchev–Trinajstić information content (AvgIpc) is 3.28. The molecule has 2 amide bonds. The number of hydrogen-bond acceptors (Lipinski definition) is 5. The SMILES string of the molecule is CCCOc1ccc(-c2nn(-c3ccccc3)cc2/C=C2/C(=O)N(C)C(=O)C(C#N)=C2C)c(C)c1. The standard InChI is InChI=1S/C28H26N4O3/c1-5-13-35-22-11-12-23(18(2)14-22)26-20(17-32(30-26)21-9-7-6-8-10-21)15-24-19(3)25(16-29)28(34)31(4)27(24)33/h6-12,14-15,17H,5,13H2,1-4H3/b24-15+. The molecule has 7 nitrogen and oxygen atoms in total. The molecule has 0 atom stereocenters. The van der Waals surface area contributed by atoms with Gasteiger partial charge in [0.15, 0.2) is 0 Å². The highest BCUT2D eigenvalue weighted by Gasteiger charge is 2.33. The van der Waals surface area contributed by atoms with Crippen LogP contribution in [0.15, 0.2) is 71.4 Å². The topological polar surface area (TPSA) is 88.2 Å². The molecule has 0 bridgehead atoms. The zero-order chi connectivity index (χ0) is 25.1. The third-order valence-corrected chi connectivity index (χ3v) is 5.93. The van der Waals surface area contributed by atoms with Crippen LogP contribution in [-0.4, -0.2) is 40.1 Å². The maximum Gasteiger partial charge on any atom is 0.271 e. The number of aryl methyl sites for hydroxylation is 1. The average molecular weight is 467 g/mol. The van der Waals surface area contributed by atoms with E-state index < -0.39 is 11.8 Å². The van der Waals surface area contributed by atoms with Gasteiger partial charge in [-0.05, 0) is 67.8 Å². The Morgan fingerprint density at radius 3 is 2.49 bits per heavy atom. The molecule has 0 radical (unpaired) electrons. The van der Waals surface area contributed by atoms with Crippen molar-refractivity contribution in [3.05, 3.63) is 82.6 Å². The second-order valence-corrected chi connectivity index (χ2v) is 8.38. The minimum Gasteiger partial charge on any atom is -0.494 e. The van der Waals surface area contributed by atoms with Crippen LogP contribution in [0.1, 0.15) is 31.4 Å². The summed E-state index contributed by atoms with van der Waals surface area (Å²) >= 11 is 0. The minimum atomic E-state index is -0.592. The van der Waals surface area contributed by atoms with Crippen LogP contribution in [0.4, 0.5) is 0 Å². The van der Waals surface area contributed by atoms with E-state index in [-0.39, 0.29) is 11.1 Å². The van der Waals surface area contributed by atoms with Crippen LogP contribution in [0.3, 0.4) is 0 Å². The molecule has 1 aromatic heterocycles. The van der Waals surface area contributed by atoms with E-state index in [0.717, 1.165) is 33.9 Å². The van der Waals surface area contributed by atoms with Crippen molar-refractivity contribution < 1.29 is 14.3 Å². The number of likely N-dealkylation sites (N-methyl/N-ethyl adjacent to an activating group) is 1. The summed E-state index contributed by atoms with van der Waals surface area (Å²) in [5, 5.41) is 14.4. The number of rotatable bonds is 6. The molecule has 0 aliphatic carbocycles. The van der Waals surface area contributed by atoms with Gasteiger partial charge in [-0.2, -0.15) is 10.4 Å². The van der Waals surface area contributed by atoms with Gasteiger partial charge in [0.1, 0.15) is 23.1 Å². The van der Waals surface area contributed by atoms with Crippen LogP contribution in [0.5, 0.6) is 5.75 Å². The summed E-state index contributed by atoms with van der Waals surface area (Å²) in [6.45, 7) is 6.31. The number of hydrogen-bond donors (Lipinski definition) is 0. The van der Waals surface area contributed by atoms with Crippen molar-refractivity contribution in [1.82, 2.24) is 14.7 Å². The molecular weight excluding hydrogens is 440 g/mol. The molecule has 4 rings (SSSR count). The lowest BCUT2D eigenvalue weighted by Gasteiger charge is -2.23. The lowest BCUT2D eigenvalue weighted by Crippen LogP contribution is -2.39. The van der Waals surface area contributed by atoms with Crippen LogP contribution in [-0.2, 0) is 9.59 Å². The highest BCUT2D eigenvalue weighted by Crippen LogP contribution is 2.33. The number of benzene rings is 2. The Balaban J connectivity index is 1.90. The fraction of sp³-hybridized carbons (Fsp3) is 0.214. The molecule has 7 heteroatoms. The third kappa shape index (κ3) is 4.51. The second-order valence-electron chi connectivity index (χ2n) is 8.38. The summed E-state index contributed by atoms with van der Waals surface area (Å²) in [6, 6.07) is 17.5. The molecular formula is C28H26N4O3. The van der Waals surface area contributed by atoms with Crippen molar-refractivity contribution in [1.29, 1.82) is 5.26 Å². The minimum absolute atomic E-state index is 0.0380. The van der Waals surface area contributed by atoms with Gasteiger partial charge < -0.3 is 4.74 Å². The summed E-state index contributed by atoms with van der Waals surface area (Å²) in [6.07, 6.45) is 4.48. The lowest BCUT2D eigenvalue weighted by atomic mass is 9.93. The molecule has 0 unspecified atom stereocenters. The molecule has 0 saturated heterocycles. The Labute approximate surface area is 204 Å². The number of amides is 2. The quantitative estimate of drug-likeness (QED) is 0.382. The van der Waals surface area contributed by atoms with Gasteiger partial charge in [0, 0.05) is 29.9 Å². The first kappa shape index (κ1) is 23.7. The Hall–Kier alpha value is -4.44. The Kier molecular flexibility index (Phi) is 6.65. The van der Waals surface area contributed by atoms with Crippen LogP contribution in [0.2, 0.25) is 0 Å². The number of nitriles is 1. The number of aromatic nitrogens is 2. The second kappa shape index (κ2) is 9.82. The fourth-order valence-electron chi connectivity index (χ4n) is 3.98. The Morgan fingerprint density at radius 1 is 1.09 bits per heavy atom. The number of carbonyl (C=O) groups excluding carboxylic acids is 2. The molecule has 0 fully saturated rings. The van der Waals surface area contributed by atoms with Crippen molar-refractivity contribution in [2.75, 3.05) is 13.7 Å². The molecule has 0 N–H and O–H groups in total. The predicted octanol–water partition coefficient (Wildman–Crippen LogP) is 4.86. The normalized spacial score (nSPS) is 15.1. The summed E-state index contributed by atoms with van der Waals surface area (Å²) in [5.74, 6) is -0.258. The van der Waals surface area contributed by atoms with Gasteiger partial charge in [0.25, 0.3) is 11.8 Å². The first-order valence-corrected chi connectivity index (χ1v) is 11.4. The van der Waals surface area contributed by atoms with Crippen molar-refractivity contribution in [2.45, 2.75) is 27.2 Å². The first-order chi connectivity index (χ1) is 16.8. The zero-order valence-electron chi connectivity index (χ0n) is 20.2. The molecule has 1 aliphatic rings. The van der Waals surface area contributed by atoms with Gasteiger partial charge in [0.2, 0.25) is 0 Å².